The van der Waals surface area contributed by atoms with E-state index < -0.39 is 0 Å². The van der Waals surface area contributed by atoms with E-state index in [1.54, 1.807) is 13.0 Å². The van der Waals surface area contributed by atoms with Gasteiger partial charge in [-0.3, -0.25) is 4.79 Å². The van der Waals surface area contributed by atoms with E-state index in [2.05, 4.69) is 0 Å². The van der Waals surface area contributed by atoms with E-state index in [9.17, 15) is 9.59 Å². The van der Waals surface area contributed by atoms with Gasteiger partial charge in [-0.15, -0.1) is 0 Å². The van der Waals surface area contributed by atoms with Crippen molar-refractivity contribution in [2.24, 2.45) is 0 Å². The van der Waals surface area contributed by atoms with Crippen LogP contribution < -0.4 is 0 Å². The summed E-state index contributed by atoms with van der Waals surface area (Å²) in [5.41, 5.74) is 1.94. The van der Waals surface area contributed by atoms with Gasteiger partial charge in [0, 0.05) is 6.42 Å². The molecule has 0 aromatic heterocycles. The van der Waals surface area contributed by atoms with Crippen molar-refractivity contribution in [3.63, 3.8) is 0 Å². The van der Waals surface area contributed by atoms with Crippen LogP contribution in [0.4, 0.5) is 0 Å². The Morgan fingerprint density at radius 3 is 1.82 bits per heavy atom. The zero-order chi connectivity index (χ0) is 14.1. The van der Waals surface area contributed by atoms with Crippen molar-refractivity contribution in [3.05, 3.63) is 35.5 Å². The van der Waals surface area contributed by atoms with Gasteiger partial charge in [-0.1, -0.05) is 50.6 Å². The first-order chi connectivity index (χ1) is 8.12. The number of rotatable bonds is 4. The second-order valence-corrected chi connectivity index (χ2v) is 3.00. The van der Waals surface area contributed by atoms with Crippen molar-refractivity contribution in [2.75, 3.05) is 0 Å². The maximum absolute atomic E-state index is 10.1. The molecule has 0 saturated carbocycles. The normalized spacial score (nSPS) is 10.9. The number of carbonyl (C=O) groups is 2. The zero-order valence-electron chi connectivity index (χ0n) is 12.0. The summed E-state index contributed by atoms with van der Waals surface area (Å²) < 4.78 is 0. The van der Waals surface area contributed by atoms with Gasteiger partial charge in [0.2, 0.25) is 0 Å². The lowest BCUT2D eigenvalue weighted by Gasteiger charge is -1.85. The molecule has 17 heavy (non-hydrogen) atoms. The second-order valence-electron chi connectivity index (χ2n) is 3.00. The second kappa shape index (κ2) is 20.0. The van der Waals surface area contributed by atoms with Gasteiger partial charge in [-0.05, 0) is 26.3 Å². The summed E-state index contributed by atoms with van der Waals surface area (Å²) in [5.74, 6) is 0. The highest BCUT2D eigenvalue weighted by Crippen LogP contribution is 1.95. The lowest BCUT2D eigenvalue weighted by Crippen LogP contribution is -1.72. The summed E-state index contributed by atoms with van der Waals surface area (Å²) >= 11 is 0. The van der Waals surface area contributed by atoms with Crippen LogP contribution in [0.3, 0.4) is 0 Å². The predicted molar refractivity (Wildman–Crippen MR) is 76.1 cm³/mol. The van der Waals surface area contributed by atoms with Crippen LogP contribution in [-0.4, -0.2) is 12.6 Å². The Morgan fingerprint density at radius 1 is 1.06 bits per heavy atom. The largest absolute Gasteiger partial charge is 0.303 e. The van der Waals surface area contributed by atoms with Crippen LogP contribution in [0.5, 0.6) is 0 Å². The van der Waals surface area contributed by atoms with Gasteiger partial charge in [-0.2, -0.15) is 0 Å². The first kappa shape index (κ1) is 20.9. The van der Waals surface area contributed by atoms with Crippen molar-refractivity contribution in [3.8, 4) is 0 Å². The van der Waals surface area contributed by atoms with E-state index in [0.717, 1.165) is 18.1 Å². The highest BCUT2D eigenvalue weighted by atomic mass is 16.1. The first-order valence-corrected chi connectivity index (χ1v) is 5.99. The molecule has 0 unspecified atom stereocenters. The Bertz CT molecular complexity index is 258. The molecule has 98 valence electrons. The molecule has 0 spiro atoms. The molecule has 0 aliphatic rings. The number of hydrogen-bond donors (Lipinski definition) is 0. The van der Waals surface area contributed by atoms with Crippen LogP contribution in [0.15, 0.2) is 35.5 Å². The molecule has 0 saturated heterocycles. The Kier molecular flexibility index (Phi) is 24.6. The van der Waals surface area contributed by atoms with Crippen molar-refractivity contribution < 1.29 is 9.59 Å². The highest BCUT2D eigenvalue weighted by molar-refractivity contribution is 5.72. The van der Waals surface area contributed by atoms with E-state index in [1.807, 2.05) is 52.8 Å². The molecule has 0 amide bonds. The van der Waals surface area contributed by atoms with Crippen LogP contribution in [0.2, 0.25) is 0 Å². The predicted octanol–water partition coefficient (Wildman–Crippen LogP) is 4.28. The van der Waals surface area contributed by atoms with Crippen molar-refractivity contribution in [1.29, 1.82) is 0 Å². The Hall–Kier alpha value is -1.44. The van der Waals surface area contributed by atoms with E-state index >= 15 is 0 Å². The third-order valence-corrected chi connectivity index (χ3v) is 1.53. The molecule has 0 aromatic rings. The van der Waals surface area contributed by atoms with Crippen LogP contribution in [0.1, 0.15) is 48.0 Å². The van der Waals surface area contributed by atoms with Crippen molar-refractivity contribution >= 4 is 12.6 Å². The molecule has 0 aliphatic heterocycles. The molecule has 0 bridgehead atoms. The number of hydrogen-bond acceptors (Lipinski definition) is 2. The third kappa shape index (κ3) is 25.1. The summed E-state index contributed by atoms with van der Waals surface area (Å²) in [4.78, 5) is 19.3. The van der Waals surface area contributed by atoms with Gasteiger partial charge < -0.3 is 4.79 Å². The minimum absolute atomic E-state index is 0.639. The summed E-state index contributed by atoms with van der Waals surface area (Å²) in [5, 5.41) is 0. The van der Waals surface area contributed by atoms with Crippen LogP contribution >= 0.6 is 0 Å². The summed E-state index contributed by atoms with van der Waals surface area (Å²) in [6.45, 7) is 11.6. The van der Waals surface area contributed by atoms with Gasteiger partial charge in [-0.25, -0.2) is 0 Å². The van der Waals surface area contributed by atoms with Gasteiger partial charge >= 0.3 is 0 Å². The van der Waals surface area contributed by atoms with Gasteiger partial charge in [0.1, 0.15) is 12.6 Å². The van der Waals surface area contributed by atoms with Crippen LogP contribution in [0, 0.1) is 0 Å². The monoisotopic (exact) mass is 238 g/mol. The first-order valence-electron chi connectivity index (χ1n) is 5.99. The van der Waals surface area contributed by atoms with Gasteiger partial charge in [0.15, 0.2) is 0 Å². The zero-order valence-corrected chi connectivity index (χ0v) is 12.0. The standard InChI is InChI=1S/C10H14O.C3H6O.C2H6/c1-4-9(2)6-5-7-10(3)8-11;1-2-3-4;1-2/h4-8H,1-3H3;3H,2H2,1H3;1-2H3. The minimum atomic E-state index is 0.639. The molecule has 0 radical (unpaired) electrons. The fraction of sp³-hybridized carbons (Fsp3) is 0.467. The molecule has 0 N–H and O–H groups in total. The molecule has 0 fully saturated rings. The van der Waals surface area contributed by atoms with Gasteiger partial charge in [0.05, 0.1) is 0 Å². The average Bonchev–Trinajstić information content (AvgIpc) is 2.40. The molecule has 0 atom stereocenters. The van der Waals surface area contributed by atoms with Crippen molar-refractivity contribution in [2.45, 2.75) is 48.0 Å². The number of carbonyl (C=O) groups excluding carboxylic acids is 2. The smallest absolute Gasteiger partial charge is 0.145 e. The van der Waals surface area contributed by atoms with E-state index in [4.69, 9.17) is 0 Å². The molecule has 2 heteroatoms. The lowest BCUT2D eigenvalue weighted by atomic mass is 10.2. The Labute approximate surface area is 106 Å². The maximum Gasteiger partial charge on any atom is 0.145 e. The molecule has 0 aromatic carbocycles. The molecular weight excluding hydrogens is 212 g/mol. The third-order valence-electron chi connectivity index (χ3n) is 1.53. The van der Waals surface area contributed by atoms with Crippen molar-refractivity contribution in [1.82, 2.24) is 0 Å². The molecule has 0 heterocycles. The Balaban J connectivity index is -0.000000275. The van der Waals surface area contributed by atoms with E-state index in [0.29, 0.717) is 6.42 Å². The number of aldehydes is 2. The lowest BCUT2D eigenvalue weighted by molar-refractivity contribution is -0.107. The molecule has 0 rings (SSSR count). The van der Waals surface area contributed by atoms with Gasteiger partial charge in [0.25, 0.3) is 0 Å². The maximum atomic E-state index is 10.1. The van der Waals surface area contributed by atoms with Crippen LogP contribution in [-0.2, 0) is 9.59 Å². The SMILES string of the molecule is CC.CC=C(C)C=CC=C(C)C=O.CCC=O. The summed E-state index contributed by atoms with van der Waals surface area (Å²) in [6, 6.07) is 0. The van der Waals surface area contributed by atoms with E-state index in [-0.39, 0.29) is 0 Å². The molecule has 2 nitrogen and oxygen atoms in total. The average molecular weight is 238 g/mol. The van der Waals surface area contributed by atoms with E-state index in [1.165, 1.54) is 5.57 Å². The van der Waals surface area contributed by atoms with Crippen LogP contribution in [0.25, 0.3) is 0 Å². The molecular formula is C15H26O2. The minimum Gasteiger partial charge on any atom is -0.303 e. The summed E-state index contributed by atoms with van der Waals surface area (Å²) in [6.07, 6.45) is 10.0. The Morgan fingerprint density at radius 2 is 1.53 bits per heavy atom. The quantitative estimate of drug-likeness (QED) is 0.416. The summed E-state index contributed by atoms with van der Waals surface area (Å²) in [7, 11) is 0. The number of allylic oxidation sites excluding steroid dienone is 6. The fourth-order valence-electron chi connectivity index (χ4n) is 0.487. The topological polar surface area (TPSA) is 34.1 Å². The fourth-order valence-corrected chi connectivity index (χ4v) is 0.487. The molecule has 0 aliphatic carbocycles. The highest BCUT2D eigenvalue weighted by Gasteiger charge is 1.78.